The largest absolute Gasteiger partial charge is 0.370 e. The Morgan fingerprint density at radius 1 is 0.912 bits per heavy atom. The molecule has 1 aliphatic heterocycles. The molecule has 5 rings (SSSR count). The van der Waals surface area contributed by atoms with Crippen LogP contribution in [0, 0.1) is 17.1 Å². The summed E-state index contributed by atoms with van der Waals surface area (Å²) in [7, 11) is 0. The van der Waals surface area contributed by atoms with Crippen LogP contribution in [0.4, 0.5) is 10.1 Å². The zero-order chi connectivity index (χ0) is 23.5. The highest BCUT2D eigenvalue weighted by molar-refractivity contribution is 5.97. The number of aromatic nitrogens is 3. The van der Waals surface area contributed by atoms with E-state index in [1.54, 1.807) is 23.0 Å². The fourth-order valence-electron chi connectivity index (χ4n) is 4.28. The van der Waals surface area contributed by atoms with Crippen molar-refractivity contribution in [1.29, 1.82) is 5.26 Å². The number of carbonyl (C=O) groups is 1. The molecule has 0 N–H and O–H groups in total. The minimum atomic E-state index is -0.328. The number of anilines is 1. The average Bonchev–Trinajstić information content (AvgIpc) is 3.49. The topological polar surface area (TPSA) is 70.1 Å². The molecule has 34 heavy (non-hydrogen) atoms. The monoisotopic (exact) mass is 454 g/mol. The lowest BCUT2D eigenvalue weighted by Gasteiger charge is -2.24. The molecular formula is C26H23FN6O. The minimum absolute atomic E-state index is 0.0845. The Bertz CT molecular complexity index is 1320. The van der Waals surface area contributed by atoms with Crippen molar-refractivity contribution in [3.8, 4) is 17.6 Å². The van der Waals surface area contributed by atoms with Crippen LogP contribution in [-0.2, 0) is 0 Å². The maximum absolute atomic E-state index is 13.6. The van der Waals surface area contributed by atoms with Gasteiger partial charge < -0.3 is 14.4 Å². The molecule has 0 radical (unpaired) electrons. The van der Waals surface area contributed by atoms with Gasteiger partial charge in [0, 0.05) is 44.3 Å². The molecule has 0 unspecified atom stereocenters. The van der Waals surface area contributed by atoms with Gasteiger partial charge in [0.1, 0.15) is 11.4 Å². The van der Waals surface area contributed by atoms with Crippen LogP contribution < -0.4 is 4.90 Å². The third-order valence-corrected chi connectivity index (χ3v) is 6.04. The SMILES string of the molecule is N#Cc1ccc(N2CCCN(C(=O)c3cnn(-c4ccc(F)cc4)c3-n3cccc3)CC2)cc1. The van der Waals surface area contributed by atoms with Crippen LogP contribution in [0.2, 0.25) is 0 Å². The van der Waals surface area contributed by atoms with E-state index in [2.05, 4.69) is 16.1 Å². The molecule has 7 nitrogen and oxygen atoms in total. The predicted octanol–water partition coefficient (Wildman–Crippen LogP) is 4.03. The van der Waals surface area contributed by atoms with Gasteiger partial charge in [0.25, 0.3) is 5.91 Å². The maximum atomic E-state index is 13.6. The molecular weight excluding hydrogens is 431 g/mol. The minimum Gasteiger partial charge on any atom is -0.370 e. The highest BCUT2D eigenvalue weighted by atomic mass is 19.1. The molecule has 2 aromatic heterocycles. The first-order valence-corrected chi connectivity index (χ1v) is 11.2. The summed E-state index contributed by atoms with van der Waals surface area (Å²) < 4.78 is 17.0. The van der Waals surface area contributed by atoms with Crippen molar-refractivity contribution in [2.75, 3.05) is 31.1 Å². The Morgan fingerprint density at radius 2 is 1.62 bits per heavy atom. The van der Waals surface area contributed by atoms with Crippen LogP contribution in [0.15, 0.2) is 79.3 Å². The van der Waals surface area contributed by atoms with Crippen LogP contribution in [0.1, 0.15) is 22.3 Å². The van der Waals surface area contributed by atoms with E-state index in [1.807, 2.05) is 58.3 Å². The number of hydrogen-bond donors (Lipinski definition) is 0. The van der Waals surface area contributed by atoms with Gasteiger partial charge in [-0.15, -0.1) is 0 Å². The summed E-state index contributed by atoms with van der Waals surface area (Å²) in [4.78, 5) is 17.7. The van der Waals surface area contributed by atoms with Crippen molar-refractivity contribution in [2.24, 2.45) is 0 Å². The Balaban J connectivity index is 1.41. The highest BCUT2D eigenvalue weighted by Gasteiger charge is 2.26. The van der Waals surface area contributed by atoms with Gasteiger partial charge in [-0.05, 0) is 67.1 Å². The lowest BCUT2D eigenvalue weighted by molar-refractivity contribution is 0.0767. The van der Waals surface area contributed by atoms with E-state index in [4.69, 9.17) is 5.26 Å². The summed E-state index contributed by atoms with van der Waals surface area (Å²) in [6.07, 6.45) is 6.15. The van der Waals surface area contributed by atoms with Gasteiger partial charge in [0.05, 0.1) is 23.5 Å². The van der Waals surface area contributed by atoms with Crippen molar-refractivity contribution in [2.45, 2.75) is 6.42 Å². The van der Waals surface area contributed by atoms with Gasteiger partial charge in [-0.3, -0.25) is 4.79 Å². The van der Waals surface area contributed by atoms with Crippen LogP contribution >= 0.6 is 0 Å². The standard InChI is InChI=1S/C26H23FN6O/c27-21-6-10-23(11-7-21)33-25(31-12-1-2-13-31)24(19-29-33)26(34)32-15-3-14-30(16-17-32)22-8-4-20(18-28)5-9-22/h1-2,4-13,19H,3,14-17H2. The molecule has 1 fully saturated rings. The van der Waals surface area contributed by atoms with Gasteiger partial charge in [-0.25, -0.2) is 9.07 Å². The Hall–Kier alpha value is -4.38. The highest BCUT2D eigenvalue weighted by Crippen LogP contribution is 2.23. The van der Waals surface area contributed by atoms with E-state index >= 15 is 0 Å². The maximum Gasteiger partial charge on any atom is 0.259 e. The lowest BCUT2D eigenvalue weighted by atomic mass is 10.2. The van der Waals surface area contributed by atoms with Crippen molar-refractivity contribution in [3.63, 3.8) is 0 Å². The number of rotatable bonds is 4. The summed E-state index contributed by atoms with van der Waals surface area (Å²) in [6.45, 7) is 2.74. The smallest absolute Gasteiger partial charge is 0.259 e. The number of benzene rings is 2. The Morgan fingerprint density at radius 3 is 2.32 bits per heavy atom. The number of halogens is 1. The number of nitriles is 1. The molecule has 0 spiro atoms. The molecule has 0 atom stereocenters. The van der Waals surface area contributed by atoms with Crippen molar-refractivity contribution < 1.29 is 9.18 Å². The second kappa shape index (κ2) is 9.24. The molecule has 170 valence electrons. The average molecular weight is 455 g/mol. The summed E-state index contributed by atoms with van der Waals surface area (Å²) in [5.74, 6) is 0.208. The fraction of sp³-hybridized carbons (Fsp3) is 0.192. The van der Waals surface area contributed by atoms with Crippen molar-refractivity contribution in [3.05, 3.63) is 96.2 Å². The van der Waals surface area contributed by atoms with Crippen molar-refractivity contribution in [1.82, 2.24) is 19.2 Å². The molecule has 2 aromatic carbocycles. The second-order valence-corrected chi connectivity index (χ2v) is 8.15. The first kappa shape index (κ1) is 21.5. The molecule has 4 aromatic rings. The van der Waals surface area contributed by atoms with Gasteiger partial charge in [0.15, 0.2) is 5.82 Å². The third kappa shape index (κ3) is 4.16. The zero-order valence-electron chi connectivity index (χ0n) is 18.5. The van der Waals surface area contributed by atoms with Crippen LogP contribution in [0.3, 0.4) is 0 Å². The molecule has 0 aliphatic carbocycles. The molecule has 1 saturated heterocycles. The number of amides is 1. The lowest BCUT2D eigenvalue weighted by Crippen LogP contribution is -2.35. The van der Waals surface area contributed by atoms with E-state index in [0.29, 0.717) is 42.3 Å². The second-order valence-electron chi connectivity index (χ2n) is 8.15. The normalized spacial score (nSPS) is 14.0. The molecule has 0 bridgehead atoms. The van der Waals surface area contributed by atoms with E-state index in [-0.39, 0.29) is 11.7 Å². The van der Waals surface area contributed by atoms with E-state index in [1.165, 1.54) is 12.1 Å². The number of nitrogens with zero attached hydrogens (tertiary/aromatic N) is 6. The summed E-state index contributed by atoms with van der Waals surface area (Å²) in [5, 5.41) is 13.5. The van der Waals surface area contributed by atoms with E-state index < -0.39 is 0 Å². The Labute approximate surface area is 196 Å². The molecule has 3 heterocycles. The summed E-state index contributed by atoms with van der Waals surface area (Å²) >= 11 is 0. The van der Waals surface area contributed by atoms with Crippen LogP contribution in [0.25, 0.3) is 11.5 Å². The Kier molecular flexibility index (Phi) is 5.83. The molecule has 8 heteroatoms. The zero-order valence-corrected chi connectivity index (χ0v) is 18.5. The van der Waals surface area contributed by atoms with E-state index in [9.17, 15) is 9.18 Å². The molecule has 1 amide bonds. The van der Waals surface area contributed by atoms with Crippen LogP contribution in [-0.4, -0.2) is 51.3 Å². The fourth-order valence-corrected chi connectivity index (χ4v) is 4.28. The first-order valence-electron chi connectivity index (χ1n) is 11.2. The van der Waals surface area contributed by atoms with E-state index in [0.717, 1.165) is 18.7 Å². The predicted molar refractivity (Wildman–Crippen MR) is 127 cm³/mol. The third-order valence-electron chi connectivity index (χ3n) is 6.04. The first-order chi connectivity index (χ1) is 16.6. The number of hydrogen-bond acceptors (Lipinski definition) is 4. The van der Waals surface area contributed by atoms with Crippen molar-refractivity contribution >= 4 is 11.6 Å². The summed E-state index contributed by atoms with van der Waals surface area (Å²) in [6, 6.07) is 19.5. The van der Waals surface area contributed by atoms with Gasteiger partial charge in [-0.1, -0.05) is 0 Å². The quantitative estimate of drug-likeness (QED) is 0.467. The van der Waals surface area contributed by atoms with Gasteiger partial charge in [0.2, 0.25) is 0 Å². The molecule has 0 saturated carbocycles. The molecule has 1 aliphatic rings. The number of carbonyl (C=O) groups excluding carboxylic acids is 1. The van der Waals surface area contributed by atoms with Gasteiger partial charge >= 0.3 is 0 Å². The summed E-state index contributed by atoms with van der Waals surface area (Å²) in [5.41, 5.74) is 2.84. The van der Waals surface area contributed by atoms with Gasteiger partial charge in [-0.2, -0.15) is 10.4 Å². The van der Waals surface area contributed by atoms with Crippen LogP contribution in [0.5, 0.6) is 0 Å².